The molecule has 0 aliphatic carbocycles. The number of nitrogens with one attached hydrogen (secondary N) is 1. The summed E-state index contributed by atoms with van der Waals surface area (Å²) in [5.74, 6) is -1.28. The van der Waals surface area contributed by atoms with Crippen LogP contribution in [-0.4, -0.2) is 39.0 Å². The largest absolute Gasteiger partial charge is 0.484 e. The lowest BCUT2D eigenvalue weighted by atomic mass is 10.3. The third-order valence-electron chi connectivity index (χ3n) is 2.98. The maximum Gasteiger partial charge on any atom is 0.422 e. The van der Waals surface area contributed by atoms with Crippen LogP contribution in [0.25, 0.3) is 0 Å². The zero-order valence-electron chi connectivity index (χ0n) is 14.0. The summed E-state index contributed by atoms with van der Waals surface area (Å²) in [6.07, 6.45) is -8.46. The molecule has 0 spiro atoms. The molecule has 0 saturated heterocycles. The Morgan fingerprint density at radius 2 is 1.59 bits per heavy atom. The Bertz CT molecular complexity index is 949. The molecular formula is C15H11ClF6N2O4S. The van der Waals surface area contributed by atoms with Gasteiger partial charge in [0.25, 0.3) is 10.0 Å². The van der Waals surface area contributed by atoms with Crippen LogP contribution in [0.1, 0.15) is 0 Å². The van der Waals surface area contributed by atoms with Crippen molar-refractivity contribution >= 4 is 27.3 Å². The summed E-state index contributed by atoms with van der Waals surface area (Å²) >= 11 is 5.58. The third kappa shape index (κ3) is 7.49. The lowest BCUT2D eigenvalue weighted by Crippen LogP contribution is -2.22. The van der Waals surface area contributed by atoms with Crippen LogP contribution in [-0.2, 0) is 10.0 Å². The number of benzene rings is 1. The number of halogens is 7. The minimum Gasteiger partial charge on any atom is -0.484 e. The van der Waals surface area contributed by atoms with Crippen LogP contribution in [0, 0.1) is 0 Å². The van der Waals surface area contributed by atoms with Gasteiger partial charge in [-0.15, -0.1) is 0 Å². The maximum atomic E-state index is 12.6. The van der Waals surface area contributed by atoms with E-state index in [1.165, 1.54) is 12.1 Å². The number of anilines is 1. The van der Waals surface area contributed by atoms with Gasteiger partial charge in [-0.3, -0.25) is 4.72 Å². The summed E-state index contributed by atoms with van der Waals surface area (Å²) in [5, 5.41) is 0.0460. The quantitative estimate of drug-likeness (QED) is 0.485. The van der Waals surface area contributed by atoms with Gasteiger partial charge in [0, 0.05) is 6.07 Å². The fourth-order valence-electron chi connectivity index (χ4n) is 1.88. The highest BCUT2D eigenvalue weighted by molar-refractivity contribution is 7.92. The van der Waals surface area contributed by atoms with Gasteiger partial charge in [0.15, 0.2) is 13.2 Å². The molecule has 6 nitrogen and oxygen atoms in total. The second kappa shape index (κ2) is 8.53. The van der Waals surface area contributed by atoms with E-state index in [1.54, 1.807) is 0 Å². The second-order valence-electron chi connectivity index (χ2n) is 5.39. The standard InChI is InChI=1S/C15H11ClF6N2O4S/c16-13-4-1-9(6-23-13)24-29(25,26)12-5-10(27-7-14(17,18)19)2-3-11(12)28-8-15(20,21)22/h1-6,24H,7-8H2. The van der Waals surface area contributed by atoms with E-state index in [-0.39, 0.29) is 10.8 Å². The van der Waals surface area contributed by atoms with E-state index in [9.17, 15) is 34.8 Å². The molecule has 160 valence electrons. The number of aromatic nitrogens is 1. The van der Waals surface area contributed by atoms with Crippen LogP contribution in [0.4, 0.5) is 32.0 Å². The number of pyridine rings is 1. The van der Waals surface area contributed by atoms with E-state index in [1.807, 2.05) is 4.72 Å². The molecule has 2 aromatic rings. The minimum atomic E-state index is -4.78. The Hall–Kier alpha value is -2.41. The molecule has 0 bridgehead atoms. The number of rotatable bonds is 7. The first-order valence-corrected chi connectivity index (χ1v) is 9.29. The van der Waals surface area contributed by atoms with Crippen molar-refractivity contribution in [2.24, 2.45) is 0 Å². The van der Waals surface area contributed by atoms with Gasteiger partial charge < -0.3 is 9.47 Å². The van der Waals surface area contributed by atoms with Crippen LogP contribution in [0.3, 0.4) is 0 Å². The first-order chi connectivity index (χ1) is 13.3. The van der Waals surface area contributed by atoms with Crippen molar-refractivity contribution in [1.29, 1.82) is 0 Å². The van der Waals surface area contributed by atoms with Crippen molar-refractivity contribution in [3.8, 4) is 11.5 Å². The van der Waals surface area contributed by atoms with E-state index < -0.39 is 52.0 Å². The first-order valence-electron chi connectivity index (χ1n) is 7.43. The average Bonchev–Trinajstić information content (AvgIpc) is 2.59. The highest BCUT2D eigenvalue weighted by Gasteiger charge is 2.31. The molecule has 0 saturated carbocycles. The van der Waals surface area contributed by atoms with E-state index >= 15 is 0 Å². The van der Waals surface area contributed by atoms with Gasteiger partial charge in [0.1, 0.15) is 21.5 Å². The molecular weight excluding hydrogens is 454 g/mol. The zero-order chi connectivity index (χ0) is 21.9. The topological polar surface area (TPSA) is 77.5 Å². The van der Waals surface area contributed by atoms with Crippen molar-refractivity contribution in [2.45, 2.75) is 17.2 Å². The van der Waals surface area contributed by atoms with Crippen LogP contribution < -0.4 is 14.2 Å². The summed E-state index contributed by atoms with van der Waals surface area (Å²) in [6, 6.07) is 4.67. The predicted molar refractivity (Wildman–Crippen MR) is 89.6 cm³/mol. The Morgan fingerprint density at radius 3 is 2.14 bits per heavy atom. The SMILES string of the molecule is O=S(=O)(Nc1ccc(Cl)nc1)c1cc(OCC(F)(F)F)ccc1OCC(F)(F)F. The molecule has 0 amide bonds. The van der Waals surface area contributed by atoms with Crippen molar-refractivity contribution in [3.63, 3.8) is 0 Å². The van der Waals surface area contributed by atoms with Gasteiger partial charge >= 0.3 is 12.4 Å². The van der Waals surface area contributed by atoms with Gasteiger partial charge in [-0.1, -0.05) is 11.6 Å². The molecule has 1 aromatic carbocycles. The molecule has 0 radical (unpaired) electrons. The zero-order valence-corrected chi connectivity index (χ0v) is 15.6. The van der Waals surface area contributed by atoms with E-state index in [2.05, 4.69) is 14.5 Å². The van der Waals surface area contributed by atoms with Gasteiger partial charge in [0.05, 0.1) is 11.9 Å². The Labute approximate surface area is 165 Å². The van der Waals surface area contributed by atoms with E-state index in [0.717, 1.165) is 18.3 Å². The Kier molecular flexibility index (Phi) is 6.73. The lowest BCUT2D eigenvalue weighted by molar-refractivity contribution is -0.154. The molecule has 0 atom stereocenters. The Balaban J connectivity index is 2.38. The van der Waals surface area contributed by atoms with E-state index in [0.29, 0.717) is 6.07 Å². The average molecular weight is 465 g/mol. The molecule has 29 heavy (non-hydrogen) atoms. The number of nitrogens with zero attached hydrogens (tertiary/aromatic N) is 1. The number of ether oxygens (including phenoxy) is 2. The monoisotopic (exact) mass is 464 g/mol. The molecule has 1 heterocycles. The van der Waals surface area contributed by atoms with Gasteiger partial charge in [-0.05, 0) is 24.3 Å². The summed E-state index contributed by atoms with van der Waals surface area (Å²) in [6.45, 7) is -3.55. The molecule has 1 aromatic heterocycles. The molecule has 0 aliphatic heterocycles. The molecule has 2 rings (SSSR count). The minimum absolute atomic E-state index is 0.0460. The van der Waals surface area contributed by atoms with Crippen molar-refractivity contribution in [2.75, 3.05) is 17.9 Å². The highest BCUT2D eigenvalue weighted by atomic mass is 35.5. The normalized spacial score (nSPS) is 12.5. The van der Waals surface area contributed by atoms with Crippen molar-refractivity contribution in [1.82, 2.24) is 4.98 Å². The third-order valence-corrected chi connectivity index (χ3v) is 4.60. The van der Waals surface area contributed by atoms with Gasteiger partial charge in [-0.2, -0.15) is 26.3 Å². The van der Waals surface area contributed by atoms with Crippen LogP contribution in [0.15, 0.2) is 41.4 Å². The summed E-state index contributed by atoms with van der Waals surface area (Å²) in [7, 11) is -4.59. The van der Waals surface area contributed by atoms with Crippen LogP contribution in [0.5, 0.6) is 11.5 Å². The smallest absolute Gasteiger partial charge is 0.422 e. The number of hydrogen-bond donors (Lipinski definition) is 1. The fourth-order valence-corrected chi connectivity index (χ4v) is 3.19. The van der Waals surface area contributed by atoms with Crippen LogP contribution in [0.2, 0.25) is 5.15 Å². The second-order valence-corrected chi connectivity index (χ2v) is 7.43. The first kappa shape index (κ1) is 22.9. The van der Waals surface area contributed by atoms with Gasteiger partial charge in [0.2, 0.25) is 0 Å². The molecule has 0 unspecified atom stereocenters. The van der Waals surface area contributed by atoms with Crippen molar-refractivity contribution < 1.29 is 44.2 Å². The predicted octanol–water partition coefficient (Wildman–Crippen LogP) is 4.42. The van der Waals surface area contributed by atoms with Crippen molar-refractivity contribution in [3.05, 3.63) is 41.7 Å². The van der Waals surface area contributed by atoms with E-state index in [4.69, 9.17) is 11.6 Å². The Morgan fingerprint density at radius 1 is 0.966 bits per heavy atom. The lowest BCUT2D eigenvalue weighted by Gasteiger charge is -2.16. The number of hydrogen-bond acceptors (Lipinski definition) is 5. The van der Waals surface area contributed by atoms with Gasteiger partial charge in [-0.25, -0.2) is 13.4 Å². The highest BCUT2D eigenvalue weighted by Crippen LogP contribution is 2.32. The molecule has 0 aliphatic rings. The summed E-state index contributed by atoms with van der Waals surface area (Å²) in [4.78, 5) is 2.77. The molecule has 14 heteroatoms. The summed E-state index contributed by atoms with van der Waals surface area (Å²) in [5.41, 5.74) is -0.0993. The summed E-state index contributed by atoms with van der Waals surface area (Å²) < 4.78 is 110. The number of alkyl halides is 6. The number of sulfonamides is 1. The molecule has 0 fully saturated rings. The molecule has 1 N–H and O–H groups in total. The van der Waals surface area contributed by atoms with Crippen LogP contribution >= 0.6 is 11.6 Å². The maximum absolute atomic E-state index is 12.6. The fraction of sp³-hybridized carbons (Fsp3) is 0.267.